The van der Waals surface area contributed by atoms with Gasteiger partial charge in [-0.1, -0.05) is 0 Å². The number of anilines is 2. The zero-order valence-electron chi connectivity index (χ0n) is 19.7. The van der Waals surface area contributed by atoms with Crippen molar-refractivity contribution in [2.75, 3.05) is 43.7 Å². The molecule has 0 saturated carbocycles. The van der Waals surface area contributed by atoms with Crippen LogP contribution in [0.25, 0.3) is 0 Å². The molecule has 0 unspecified atom stereocenters. The smallest absolute Gasteiger partial charge is 0.318 e. The van der Waals surface area contributed by atoms with Gasteiger partial charge in [-0.2, -0.15) is 10.1 Å². The van der Waals surface area contributed by atoms with Gasteiger partial charge in [0.15, 0.2) is 23.1 Å². The summed E-state index contributed by atoms with van der Waals surface area (Å²) >= 11 is 3.35. The highest BCUT2D eigenvalue weighted by Gasteiger charge is 2.23. The van der Waals surface area contributed by atoms with Gasteiger partial charge in [0.05, 0.1) is 53.1 Å². The molecule has 1 aliphatic heterocycles. The molecular weight excluding hydrogens is 573 g/mol. The second-order valence-electron chi connectivity index (χ2n) is 7.64. The minimum Gasteiger partial charge on any atom is -0.493 e. The van der Waals surface area contributed by atoms with Gasteiger partial charge in [0.25, 0.3) is 5.69 Å². The molecule has 0 radical (unpaired) electrons. The molecular formula is C22H19BrFN7O7. The summed E-state index contributed by atoms with van der Waals surface area (Å²) in [6.45, 7) is 1.94. The number of ether oxygens (including phenoxy) is 3. The molecule has 14 nitrogen and oxygen atoms in total. The normalized spacial score (nSPS) is 13.4. The third-order valence-electron chi connectivity index (χ3n) is 5.23. The fraction of sp³-hybridized carbons (Fsp3) is 0.227. The van der Waals surface area contributed by atoms with E-state index in [2.05, 4.69) is 36.4 Å². The zero-order valence-corrected chi connectivity index (χ0v) is 21.3. The highest BCUT2D eigenvalue weighted by Crippen LogP contribution is 2.42. The van der Waals surface area contributed by atoms with E-state index in [0.717, 1.165) is 24.4 Å². The van der Waals surface area contributed by atoms with E-state index in [-0.39, 0.29) is 29.0 Å². The topological polar surface area (TPSA) is 167 Å². The van der Waals surface area contributed by atoms with Crippen LogP contribution in [-0.2, 0) is 4.74 Å². The number of rotatable bonds is 9. The monoisotopic (exact) mass is 591 g/mol. The molecule has 38 heavy (non-hydrogen) atoms. The molecule has 1 fully saturated rings. The summed E-state index contributed by atoms with van der Waals surface area (Å²) in [5, 5.41) is 26.5. The molecule has 3 aromatic rings. The van der Waals surface area contributed by atoms with Gasteiger partial charge in [-0.05, 0) is 39.7 Å². The number of nitro benzene ring substituents is 2. The SMILES string of the molecule is COc1cc(/C=N/Nc2ncc(F)c(N3CCOCC3)n2)cc(Br)c1Oc1ccc([N+](=O)[O-])cc1[N+](=O)[O-]. The van der Waals surface area contributed by atoms with Crippen LogP contribution in [0.1, 0.15) is 5.56 Å². The average molecular weight is 592 g/mol. The van der Waals surface area contributed by atoms with Crippen LogP contribution in [-0.4, -0.2) is 59.4 Å². The summed E-state index contributed by atoms with van der Waals surface area (Å²) in [4.78, 5) is 30.7. The molecule has 0 spiro atoms. The van der Waals surface area contributed by atoms with Crippen molar-refractivity contribution in [2.24, 2.45) is 5.10 Å². The van der Waals surface area contributed by atoms with E-state index >= 15 is 0 Å². The lowest BCUT2D eigenvalue weighted by molar-refractivity contribution is -0.394. The van der Waals surface area contributed by atoms with Gasteiger partial charge in [-0.15, -0.1) is 0 Å². The molecule has 1 N–H and O–H groups in total. The second-order valence-corrected chi connectivity index (χ2v) is 8.49. The fourth-order valence-electron chi connectivity index (χ4n) is 3.45. The van der Waals surface area contributed by atoms with Crippen molar-refractivity contribution >= 4 is 45.3 Å². The van der Waals surface area contributed by atoms with Crippen molar-refractivity contribution < 1.29 is 28.4 Å². The first kappa shape index (κ1) is 26.6. The molecule has 1 aromatic heterocycles. The van der Waals surface area contributed by atoms with Gasteiger partial charge in [0, 0.05) is 19.2 Å². The molecule has 0 bridgehead atoms. The maximum atomic E-state index is 14.2. The van der Waals surface area contributed by atoms with E-state index in [1.165, 1.54) is 13.3 Å². The van der Waals surface area contributed by atoms with Crippen LogP contribution in [0.4, 0.5) is 27.5 Å². The number of non-ortho nitro benzene ring substituents is 1. The minimum atomic E-state index is -0.780. The average Bonchev–Trinajstić information content (AvgIpc) is 2.91. The molecule has 2 heterocycles. The minimum absolute atomic E-state index is 0.0839. The molecule has 16 heteroatoms. The number of methoxy groups -OCH3 is 1. The summed E-state index contributed by atoms with van der Waals surface area (Å²) < 4.78 is 30.9. The maximum absolute atomic E-state index is 14.2. The molecule has 4 rings (SSSR count). The summed E-state index contributed by atoms with van der Waals surface area (Å²) in [6.07, 6.45) is 2.48. The Kier molecular flexibility index (Phi) is 8.22. The zero-order chi connectivity index (χ0) is 27.2. The van der Waals surface area contributed by atoms with Crippen molar-refractivity contribution in [2.45, 2.75) is 0 Å². The van der Waals surface area contributed by atoms with Gasteiger partial charge in [0.2, 0.25) is 11.7 Å². The second kappa shape index (κ2) is 11.7. The predicted octanol–water partition coefficient (Wildman–Crippen LogP) is 4.28. The predicted molar refractivity (Wildman–Crippen MR) is 137 cm³/mol. The Balaban J connectivity index is 1.53. The first-order valence-corrected chi connectivity index (χ1v) is 11.7. The Morgan fingerprint density at radius 1 is 1.18 bits per heavy atom. The van der Waals surface area contributed by atoms with Crippen molar-refractivity contribution in [3.63, 3.8) is 0 Å². The number of nitro groups is 2. The van der Waals surface area contributed by atoms with E-state index in [9.17, 15) is 24.6 Å². The number of nitrogens with zero attached hydrogens (tertiary/aromatic N) is 6. The van der Waals surface area contributed by atoms with Crippen molar-refractivity contribution in [1.82, 2.24) is 9.97 Å². The summed E-state index contributed by atoms with van der Waals surface area (Å²) in [5.74, 6) is -0.244. The molecule has 1 aliphatic rings. The first-order valence-electron chi connectivity index (χ1n) is 10.9. The quantitative estimate of drug-likeness (QED) is 0.214. The molecule has 0 aliphatic carbocycles. The van der Waals surface area contributed by atoms with Gasteiger partial charge in [-0.25, -0.2) is 14.8 Å². The fourth-order valence-corrected chi connectivity index (χ4v) is 3.99. The Hall–Kier alpha value is -4.44. The van der Waals surface area contributed by atoms with Crippen LogP contribution in [0.3, 0.4) is 0 Å². The van der Waals surface area contributed by atoms with Gasteiger partial charge < -0.3 is 19.1 Å². The summed E-state index contributed by atoms with van der Waals surface area (Å²) in [5.41, 5.74) is 2.15. The number of hydrogen-bond donors (Lipinski definition) is 1. The van der Waals surface area contributed by atoms with Crippen LogP contribution in [0, 0.1) is 26.0 Å². The highest BCUT2D eigenvalue weighted by atomic mass is 79.9. The van der Waals surface area contributed by atoms with E-state index in [1.54, 1.807) is 17.0 Å². The first-order chi connectivity index (χ1) is 18.3. The lowest BCUT2D eigenvalue weighted by Crippen LogP contribution is -2.37. The number of benzene rings is 2. The number of hydrogen-bond acceptors (Lipinski definition) is 12. The molecule has 0 atom stereocenters. The third-order valence-corrected chi connectivity index (χ3v) is 5.82. The number of nitrogens with one attached hydrogen (secondary N) is 1. The molecule has 0 amide bonds. The van der Waals surface area contributed by atoms with Crippen LogP contribution in [0.15, 0.2) is 46.1 Å². The van der Waals surface area contributed by atoms with Gasteiger partial charge >= 0.3 is 5.69 Å². The molecule has 1 saturated heterocycles. The largest absolute Gasteiger partial charge is 0.493 e. The number of aromatic nitrogens is 2. The summed E-state index contributed by atoms with van der Waals surface area (Å²) in [6, 6.07) is 6.19. The maximum Gasteiger partial charge on any atom is 0.318 e. The third kappa shape index (κ3) is 6.09. The lowest BCUT2D eigenvalue weighted by atomic mass is 10.2. The van der Waals surface area contributed by atoms with Gasteiger partial charge in [-0.3, -0.25) is 20.2 Å². The standard InChI is InChI=1S/C22H19BrFN7O7/c1-36-19-9-13(11-26-28-22-25-12-16(24)21(27-22)29-4-6-37-7-5-29)8-15(23)20(19)38-18-3-2-14(30(32)33)10-17(18)31(34)35/h2-3,8-12H,4-7H2,1H3,(H,25,27,28)/b26-11+. The highest BCUT2D eigenvalue weighted by molar-refractivity contribution is 9.10. The summed E-state index contributed by atoms with van der Waals surface area (Å²) in [7, 11) is 1.37. The van der Waals surface area contributed by atoms with Crippen LogP contribution in [0.2, 0.25) is 0 Å². The Morgan fingerprint density at radius 2 is 1.95 bits per heavy atom. The van der Waals surface area contributed by atoms with Crippen molar-refractivity contribution in [1.29, 1.82) is 0 Å². The Labute approximate surface area is 222 Å². The van der Waals surface area contributed by atoms with Crippen LogP contribution < -0.4 is 19.8 Å². The number of hydrazone groups is 1. The van der Waals surface area contributed by atoms with Crippen molar-refractivity contribution in [3.05, 3.63) is 72.6 Å². The van der Waals surface area contributed by atoms with E-state index in [0.29, 0.717) is 36.3 Å². The molecule has 2 aromatic carbocycles. The van der Waals surface area contributed by atoms with Crippen LogP contribution >= 0.6 is 15.9 Å². The lowest BCUT2D eigenvalue weighted by Gasteiger charge is -2.27. The number of morpholine rings is 1. The van der Waals surface area contributed by atoms with Gasteiger partial charge in [0.1, 0.15) is 0 Å². The van der Waals surface area contributed by atoms with Crippen LogP contribution in [0.5, 0.6) is 17.2 Å². The number of halogens is 2. The van der Waals surface area contributed by atoms with E-state index in [1.807, 2.05) is 0 Å². The Bertz CT molecular complexity index is 1400. The van der Waals surface area contributed by atoms with E-state index < -0.39 is 27.0 Å². The van der Waals surface area contributed by atoms with Crippen molar-refractivity contribution in [3.8, 4) is 17.2 Å². The molecule has 198 valence electrons. The Morgan fingerprint density at radius 3 is 2.63 bits per heavy atom. The van der Waals surface area contributed by atoms with E-state index in [4.69, 9.17) is 14.2 Å².